The van der Waals surface area contributed by atoms with Gasteiger partial charge >= 0.3 is 4.87 Å². The first-order valence-electron chi connectivity index (χ1n) is 12.9. The summed E-state index contributed by atoms with van der Waals surface area (Å²) in [6, 6.07) is 12.5. The van der Waals surface area contributed by atoms with Gasteiger partial charge in [0.15, 0.2) is 0 Å². The molecule has 2 N–H and O–H groups in total. The van der Waals surface area contributed by atoms with Crippen LogP contribution in [0.1, 0.15) is 22.8 Å². The van der Waals surface area contributed by atoms with Crippen LogP contribution in [0.15, 0.2) is 52.3 Å². The number of benzene rings is 2. The second-order valence-electron chi connectivity index (χ2n) is 10.6. The molecule has 8 nitrogen and oxygen atoms in total. The highest BCUT2D eigenvalue weighted by molar-refractivity contribution is 8.00. The van der Waals surface area contributed by atoms with Crippen molar-refractivity contribution in [2.24, 2.45) is 29.6 Å². The number of amides is 3. The fourth-order valence-electron chi connectivity index (χ4n) is 7.42. The van der Waals surface area contributed by atoms with Gasteiger partial charge < -0.3 is 15.0 Å². The van der Waals surface area contributed by atoms with Crippen molar-refractivity contribution in [1.82, 2.24) is 9.88 Å². The van der Waals surface area contributed by atoms with Gasteiger partial charge in [-0.25, -0.2) is 0 Å². The molecule has 2 bridgehead atoms. The van der Waals surface area contributed by atoms with E-state index in [9.17, 15) is 19.2 Å². The minimum absolute atomic E-state index is 0.0293. The number of nitrogens with zero attached hydrogens (tertiary/aromatic N) is 1. The number of hydrogen-bond donors (Lipinski definition) is 2. The molecule has 7 atom stereocenters. The van der Waals surface area contributed by atoms with Crippen molar-refractivity contribution in [2.45, 2.75) is 22.6 Å². The van der Waals surface area contributed by atoms with E-state index in [1.165, 1.54) is 17.4 Å². The maximum absolute atomic E-state index is 13.8. The minimum atomic E-state index is -0.481. The summed E-state index contributed by atoms with van der Waals surface area (Å²) in [6.07, 6.45) is 0.767. The first kappa shape index (κ1) is 26.1. The number of thiazole rings is 1. The molecule has 0 radical (unpaired) electrons. The Kier molecular flexibility index (Phi) is 6.30. The molecule has 2 aliphatic carbocycles. The lowest BCUT2D eigenvalue weighted by atomic mass is 9.68. The fraction of sp³-hybridized carbons (Fsp3) is 0.357. The van der Waals surface area contributed by atoms with Crippen LogP contribution in [-0.2, 0) is 14.4 Å². The molecule has 40 heavy (non-hydrogen) atoms. The second kappa shape index (κ2) is 9.65. The van der Waals surface area contributed by atoms with Crippen LogP contribution >= 0.6 is 46.3 Å². The second-order valence-corrected chi connectivity index (χ2v) is 13.7. The van der Waals surface area contributed by atoms with E-state index in [-0.39, 0.29) is 52.2 Å². The number of thioether (sulfide) groups is 1. The lowest BCUT2D eigenvalue weighted by Gasteiger charge is -2.43. The number of halogens is 2. The van der Waals surface area contributed by atoms with Crippen molar-refractivity contribution in [3.05, 3.63) is 72.6 Å². The van der Waals surface area contributed by atoms with Gasteiger partial charge in [-0.15, -0.1) is 11.8 Å². The summed E-state index contributed by atoms with van der Waals surface area (Å²) in [6.45, 7) is -0.358. The molecule has 12 heteroatoms. The summed E-state index contributed by atoms with van der Waals surface area (Å²) in [5.74, 6) is -1.43. The number of aromatic nitrogens is 1. The zero-order valence-corrected chi connectivity index (χ0v) is 24.2. The van der Waals surface area contributed by atoms with E-state index >= 15 is 0 Å². The summed E-state index contributed by atoms with van der Waals surface area (Å²) in [5, 5.41) is 4.25. The summed E-state index contributed by atoms with van der Waals surface area (Å²) < 4.78 is 5.72. The Morgan fingerprint density at radius 3 is 2.58 bits per heavy atom. The van der Waals surface area contributed by atoms with Gasteiger partial charge in [0.05, 0.1) is 34.0 Å². The average molecular weight is 617 g/mol. The van der Waals surface area contributed by atoms with Gasteiger partial charge in [0.25, 0.3) is 0 Å². The van der Waals surface area contributed by atoms with Crippen LogP contribution in [0.4, 0.5) is 5.69 Å². The van der Waals surface area contributed by atoms with Crippen LogP contribution in [-0.4, -0.2) is 46.5 Å². The number of likely N-dealkylation sites (tertiary alicyclic amines) is 1. The van der Waals surface area contributed by atoms with E-state index in [2.05, 4.69) is 10.3 Å². The first-order valence-corrected chi connectivity index (χ1v) is 15.3. The zero-order valence-electron chi connectivity index (χ0n) is 21.1. The smallest absolute Gasteiger partial charge is 0.305 e. The van der Waals surface area contributed by atoms with Gasteiger partial charge in [0.2, 0.25) is 17.7 Å². The summed E-state index contributed by atoms with van der Waals surface area (Å²) in [7, 11) is 1.63. The van der Waals surface area contributed by atoms with Crippen LogP contribution in [0.2, 0.25) is 10.0 Å². The highest BCUT2D eigenvalue weighted by atomic mass is 35.5. The number of nitrogens with one attached hydrogen (secondary N) is 2. The third-order valence-electron chi connectivity index (χ3n) is 8.79. The number of aromatic amines is 1. The highest BCUT2D eigenvalue weighted by Gasteiger charge is 2.69. The number of fused-ring (bicyclic) bond motifs is 9. The maximum Gasteiger partial charge on any atom is 0.305 e. The lowest BCUT2D eigenvalue weighted by molar-refractivity contribution is -0.143. The molecule has 2 aliphatic heterocycles. The van der Waals surface area contributed by atoms with Crippen LogP contribution < -0.4 is 14.9 Å². The molecule has 3 aromatic rings. The van der Waals surface area contributed by atoms with Crippen molar-refractivity contribution >= 4 is 69.7 Å². The largest absolute Gasteiger partial charge is 0.496 e. The van der Waals surface area contributed by atoms with Gasteiger partial charge in [0, 0.05) is 27.3 Å². The van der Waals surface area contributed by atoms with Gasteiger partial charge in [-0.3, -0.25) is 24.1 Å². The van der Waals surface area contributed by atoms with Crippen LogP contribution in [0, 0.1) is 29.6 Å². The number of carbonyl (C=O) groups excluding carboxylic acids is 3. The number of carbonyl (C=O) groups is 3. The van der Waals surface area contributed by atoms with Gasteiger partial charge in [-0.2, -0.15) is 0 Å². The molecule has 2 aromatic carbocycles. The third kappa shape index (κ3) is 3.87. The number of H-pyrrole nitrogens is 1. The van der Waals surface area contributed by atoms with Crippen molar-refractivity contribution in [2.75, 3.05) is 19.0 Å². The molecule has 3 heterocycles. The maximum atomic E-state index is 13.8. The van der Waals surface area contributed by atoms with E-state index in [0.717, 1.165) is 32.5 Å². The predicted octanol–water partition coefficient (Wildman–Crippen LogP) is 4.86. The summed E-state index contributed by atoms with van der Waals surface area (Å²) in [4.78, 5) is 57.7. The van der Waals surface area contributed by atoms with Gasteiger partial charge in [0.1, 0.15) is 12.3 Å². The van der Waals surface area contributed by atoms with Crippen LogP contribution in [0.25, 0.3) is 0 Å². The predicted molar refractivity (Wildman–Crippen MR) is 153 cm³/mol. The number of rotatable bonds is 5. The quantitative estimate of drug-likeness (QED) is 0.397. The topological polar surface area (TPSA) is 109 Å². The Morgan fingerprint density at radius 1 is 1.07 bits per heavy atom. The Morgan fingerprint density at radius 2 is 1.82 bits per heavy atom. The van der Waals surface area contributed by atoms with E-state index < -0.39 is 17.7 Å². The SMILES string of the molecule is COc1ccccc1[C@H]1c2sc(=O)[nH]c2SC2C3CC(C4C(=O)N(CC(=O)Nc5ccc(Cl)c(Cl)c5)C(=O)C34)C21. The van der Waals surface area contributed by atoms with Crippen LogP contribution in [0.3, 0.4) is 0 Å². The normalized spacial score (nSPS) is 29.8. The van der Waals surface area contributed by atoms with E-state index in [1.807, 2.05) is 24.3 Å². The molecule has 3 fully saturated rings. The number of para-hydroxylation sites is 1. The number of methoxy groups -OCH3 is 1. The molecule has 2 saturated carbocycles. The zero-order chi connectivity index (χ0) is 27.9. The molecule has 1 aromatic heterocycles. The van der Waals surface area contributed by atoms with E-state index in [1.54, 1.807) is 31.0 Å². The Bertz CT molecular complexity index is 1640. The summed E-state index contributed by atoms with van der Waals surface area (Å²) in [5.41, 5.74) is 1.41. The van der Waals surface area contributed by atoms with Gasteiger partial charge in [-0.05, 0) is 48.4 Å². The first-order chi connectivity index (χ1) is 19.3. The Labute approximate surface area is 247 Å². The molecular weight excluding hydrogens is 593 g/mol. The fourth-order valence-corrected chi connectivity index (χ4v) is 10.6. The standard InChI is InChI=1S/C28H23Cl2N3O5S2/c1-38-17-5-3-2-4-12(17)19-20-13-9-14(23(20)39-25-24(19)40-28(37)32-25)22-21(13)26(35)33(27(22)36)10-18(34)31-11-6-7-15(29)16(30)8-11/h2-8,13-14,19-23H,9-10H2,1H3,(H,31,34)(H,32,37)/t13?,14?,19-,20?,21?,22?,23?/m1/s1. The third-order valence-corrected chi connectivity index (χ3v) is 12.1. The average Bonchev–Trinajstić information content (AvgIpc) is 3.66. The van der Waals surface area contributed by atoms with Crippen molar-refractivity contribution in [1.29, 1.82) is 0 Å². The van der Waals surface area contributed by atoms with Crippen molar-refractivity contribution in [3.8, 4) is 5.75 Å². The molecule has 206 valence electrons. The number of anilines is 1. The number of ether oxygens (including phenoxy) is 1. The molecule has 3 amide bonds. The molecular formula is C28H23Cl2N3O5S2. The highest BCUT2D eigenvalue weighted by Crippen LogP contribution is 2.68. The molecule has 1 saturated heterocycles. The van der Waals surface area contributed by atoms with Gasteiger partial charge in [-0.1, -0.05) is 52.7 Å². The van der Waals surface area contributed by atoms with E-state index in [4.69, 9.17) is 27.9 Å². The van der Waals surface area contributed by atoms with Crippen LogP contribution in [0.5, 0.6) is 5.75 Å². The Balaban J connectivity index is 1.19. The number of imide groups is 1. The van der Waals surface area contributed by atoms with Crippen molar-refractivity contribution < 1.29 is 19.1 Å². The molecule has 7 rings (SSSR count). The monoisotopic (exact) mass is 615 g/mol. The minimum Gasteiger partial charge on any atom is -0.496 e. The summed E-state index contributed by atoms with van der Waals surface area (Å²) >= 11 is 14.8. The molecule has 4 aliphatic rings. The Hall–Kier alpha value is -2.79. The molecule has 6 unspecified atom stereocenters. The van der Waals surface area contributed by atoms with E-state index in [0.29, 0.717) is 15.7 Å². The van der Waals surface area contributed by atoms with Crippen molar-refractivity contribution in [3.63, 3.8) is 0 Å². The number of hydrogen-bond acceptors (Lipinski definition) is 7. The lowest BCUT2D eigenvalue weighted by Crippen LogP contribution is -2.42. The molecule has 0 spiro atoms.